The van der Waals surface area contributed by atoms with Gasteiger partial charge in [0.15, 0.2) is 5.16 Å². The number of hydrogen-bond donors (Lipinski definition) is 1. The zero-order valence-corrected chi connectivity index (χ0v) is 12.5. The summed E-state index contributed by atoms with van der Waals surface area (Å²) in [7, 11) is 1.67. The Bertz CT molecular complexity index is 742. The molecule has 0 bridgehead atoms. The minimum absolute atomic E-state index is 0.546. The lowest BCUT2D eigenvalue weighted by molar-refractivity contribution is 0.414. The van der Waals surface area contributed by atoms with Gasteiger partial charge in [-0.3, -0.25) is 0 Å². The number of thioether (sulfide) groups is 1. The van der Waals surface area contributed by atoms with Crippen LogP contribution in [0.1, 0.15) is 5.56 Å². The van der Waals surface area contributed by atoms with E-state index < -0.39 is 0 Å². The maximum Gasteiger partial charge on any atom is 0.191 e. The molecule has 0 saturated heterocycles. The maximum absolute atomic E-state index is 5.94. The van der Waals surface area contributed by atoms with Gasteiger partial charge in [0.25, 0.3) is 0 Å². The van der Waals surface area contributed by atoms with Gasteiger partial charge < -0.3 is 10.5 Å². The van der Waals surface area contributed by atoms with E-state index in [0.29, 0.717) is 11.0 Å². The van der Waals surface area contributed by atoms with Crippen molar-refractivity contribution in [1.29, 1.82) is 0 Å². The number of nitrogen functional groups attached to an aromatic ring is 1. The normalized spacial score (nSPS) is 10.8. The summed E-state index contributed by atoms with van der Waals surface area (Å²) in [6.07, 6.45) is 0. The molecule has 0 aliphatic carbocycles. The number of nitrogens with zero attached hydrogens (tertiary/aromatic N) is 2. The Morgan fingerprint density at radius 2 is 2.20 bits per heavy atom. The van der Waals surface area contributed by atoms with Crippen molar-refractivity contribution >= 4 is 39.1 Å². The second-order valence-electron chi connectivity index (χ2n) is 4.17. The molecular formula is C14H13N3OS2. The van der Waals surface area contributed by atoms with Gasteiger partial charge in [0.1, 0.15) is 16.4 Å². The number of rotatable bonds is 4. The first-order valence-corrected chi connectivity index (χ1v) is 7.89. The first kappa shape index (κ1) is 13.2. The lowest BCUT2D eigenvalue weighted by atomic mass is 10.2. The van der Waals surface area contributed by atoms with Crippen molar-refractivity contribution in [2.45, 2.75) is 10.9 Å². The van der Waals surface area contributed by atoms with Crippen LogP contribution in [0.2, 0.25) is 0 Å². The van der Waals surface area contributed by atoms with Crippen molar-refractivity contribution in [1.82, 2.24) is 9.97 Å². The van der Waals surface area contributed by atoms with Crippen LogP contribution >= 0.6 is 23.1 Å². The maximum atomic E-state index is 5.94. The van der Waals surface area contributed by atoms with Crippen LogP contribution in [0, 0.1) is 0 Å². The minimum Gasteiger partial charge on any atom is -0.497 e. The molecule has 4 nitrogen and oxygen atoms in total. The Labute approximate surface area is 125 Å². The van der Waals surface area contributed by atoms with E-state index in [1.165, 1.54) is 5.56 Å². The molecule has 0 atom stereocenters. The Kier molecular flexibility index (Phi) is 3.75. The van der Waals surface area contributed by atoms with Crippen molar-refractivity contribution < 1.29 is 4.74 Å². The van der Waals surface area contributed by atoms with Gasteiger partial charge in [0, 0.05) is 5.75 Å². The molecule has 0 fully saturated rings. The Morgan fingerprint density at radius 3 is 3.05 bits per heavy atom. The predicted octanol–water partition coefficient (Wildman–Crippen LogP) is 3.57. The zero-order chi connectivity index (χ0) is 13.9. The number of fused-ring (bicyclic) bond motifs is 1. The van der Waals surface area contributed by atoms with Crippen LogP contribution in [-0.2, 0) is 5.75 Å². The molecule has 2 aromatic heterocycles. The molecule has 0 aliphatic heterocycles. The van der Waals surface area contributed by atoms with E-state index in [2.05, 4.69) is 16.0 Å². The molecule has 102 valence electrons. The van der Waals surface area contributed by atoms with E-state index in [9.17, 15) is 0 Å². The fraction of sp³-hybridized carbons (Fsp3) is 0.143. The molecule has 0 aliphatic rings. The van der Waals surface area contributed by atoms with Crippen molar-refractivity contribution in [3.63, 3.8) is 0 Å². The zero-order valence-electron chi connectivity index (χ0n) is 10.9. The molecule has 3 rings (SSSR count). The molecule has 0 unspecified atom stereocenters. The van der Waals surface area contributed by atoms with E-state index in [1.807, 2.05) is 29.6 Å². The van der Waals surface area contributed by atoms with Crippen LogP contribution in [0.5, 0.6) is 5.75 Å². The van der Waals surface area contributed by atoms with Gasteiger partial charge in [-0.25, -0.2) is 9.97 Å². The van der Waals surface area contributed by atoms with Crippen LogP contribution in [-0.4, -0.2) is 17.1 Å². The van der Waals surface area contributed by atoms with Crippen LogP contribution < -0.4 is 10.5 Å². The molecule has 20 heavy (non-hydrogen) atoms. The third-order valence-corrected chi connectivity index (χ3v) is 4.56. The van der Waals surface area contributed by atoms with Crippen LogP contribution in [0.15, 0.2) is 40.9 Å². The highest BCUT2D eigenvalue weighted by Crippen LogP contribution is 2.28. The highest BCUT2D eigenvalue weighted by atomic mass is 32.2. The largest absolute Gasteiger partial charge is 0.497 e. The Hall–Kier alpha value is -1.79. The third-order valence-electron chi connectivity index (χ3n) is 2.84. The van der Waals surface area contributed by atoms with E-state index >= 15 is 0 Å². The van der Waals surface area contributed by atoms with E-state index in [-0.39, 0.29) is 0 Å². The number of thiophene rings is 1. The number of ether oxygens (including phenoxy) is 1. The number of methoxy groups -OCH3 is 1. The molecule has 6 heteroatoms. The van der Waals surface area contributed by atoms with Gasteiger partial charge in [0.05, 0.1) is 12.5 Å². The van der Waals surface area contributed by atoms with Crippen molar-refractivity contribution in [3.8, 4) is 5.75 Å². The molecule has 0 spiro atoms. The van der Waals surface area contributed by atoms with Crippen molar-refractivity contribution in [2.75, 3.05) is 12.8 Å². The predicted molar refractivity (Wildman–Crippen MR) is 84.4 cm³/mol. The topological polar surface area (TPSA) is 61.0 Å². The average molecular weight is 303 g/mol. The summed E-state index contributed by atoms with van der Waals surface area (Å²) in [6, 6.07) is 9.93. The van der Waals surface area contributed by atoms with E-state index in [0.717, 1.165) is 21.7 Å². The average Bonchev–Trinajstić information content (AvgIpc) is 2.94. The first-order chi connectivity index (χ1) is 9.76. The van der Waals surface area contributed by atoms with E-state index in [1.54, 1.807) is 30.2 Å². The number of anilines is 1. The molecular weight excluding hydrogens is 290 g/mol. The second kappa shape index (κ2) is 5.68. The SMILES string of the molecule is COc1cccc(CSc2nc(N)c3ccsc3n2)c1. The number of benzene rings is 1. The second-order valence-corrected chi connectivity index (χ2v) is 6.01. The van der Waals surface area contributed by atoms with Gasteiger partial charge >= 0.3 is 0 Å². The quantitative estimate of drug-likeness (QED) is 0.589. The molecule has 2 heterocycles. The van der Waals surface area contributed by atoms with Crippen LogP contribution in [0.25, 0.3) is 10.2 Å². The summed E-state index contributed by atoms with van der Waals surface area (Å²) in [5, 5.41) is 3.62. The van der Waals surface area contributed by atoms with Crippen molar-refractivity contribution in [3.05, 3.63) is 41.3 Å². The van der Waals surface area contributed by atoms with Crippen LogP contribution in [0.4, 0.5) is 5.82 Å². The lowest BCUT2D eigenvalue weighted by Crippen LogP contribution is -1.95. The van der Waals surface area contributed by atoms with Gasteiger partial charge in [0.2, 0.25) is 0 Å². The fourth-order valence-corrected chi connectivity index (χ4v) is 3.46. The van der Waals surface area contributed by atoms with Gasteiger partial charge in [-0.2, -0.15) is 0 Å². The summed E-state index contributed by atoms with van der Waals surface area (Å²) < 4.78 is 5.21. The minimum atomic E-state index is 0.546. The number of hydrogen-bond acceptors (Lipinski definition) is 6. The van der Waals surface area contributed by atoms with Gasteiger partial charge in [-0.05, 0) is 29.1 Å². The molecule has 0 amide bonds. The molecule has 1 aromatic carbocycles. The molecule has 0 saturated carbocycles. The number of aromatic nitrogens is 2. The standard InChI is InChI=1S/C14H13N3OS2/c1-18-10-4-2-3-9(7-10)8-20-14-16-12(15)11-5-6-19-13(11)17-14/h2-7H,8H2,1H3,(H2,15,16,17). The van der Waals surface area contributed by atoms with Gasteiger partial charge in [-0.1, -0.05) is 23.9 Å². The Morgan fingerprint density at radius 1 is 1.30 bits per heavy atom. The van der Waals surface area contributed by atoms with Gasteiger partial charge in [-0.15, -0.1) is 11.3 Å². The third kappa shape index (κ3) is 2.71. The summed E-state index contributed by atoms with van der Waals surface area (Å²) in [4.78, 5) is 9.78. The highest BCUT2D eigenvalue weighted by molar-refractivity contribution is 7.98. The van der Waals surface area contributed by atoms with Crippen LogP contribution in [0.3, 0.4) is 0 Å². The first-order valence-electron chi connectivity index (χ1n) is 6.03. The van der Waals surface area contributed by atoms with Crippen molar-refractivity contribution in [2.24, 2.45) is 0 Å². The Balaban J connectivity index is 1.79. The summed E-state index contributed by atoms with van der Waals surface area (Å²) in [5.41, 5.74) is 7.11. The van der Waals surface area contributed by atoms with E-state index in [4.69, 9.17) is 10.5 Å². The lowest BCUT2D eigenvalue weighted by Gasteiger charge is -2.04. The smallest absolute Gasteiger partial charge is 0.191 e. The number of nitrogens with two attached hydrogens (primary N) is 1. The summed E-state index contributed by atoms with van der Waals surface area (Å²) in [5.74, 6) is 2.19. The summed E-state index contributed by atoms with van der Waals surface area (Å²) in [6.45, 7) is 0. The highest BCUT2D eigenvalue weighted by Gasteiger charge is 2.07. The molecule has 3 aromatic rings. The monoisotopic (exact) mass is 303 g/mol. The fourth-order valence-electron chi connectivity index (χ4n) is 1.83. The molecule has 0 radical (unpaired) electrons. The molecule has 2 N–H and O–H groups in total. The summed E-state index contributed by atoms with van der Waals surface area (Å²) >= 11 is 3.15.